The van der Waals surface area contributed by atoms with Gasteiger partial charge in [-0.3, -0.25) is 4.68 Å². The zero-order chi connectivity index (χ0) is 14.7. The average molecular weight is 289 g/mol. The summed E-state index contributed by atoms with van der Waals surface area (Å²) in [4.78, 5) is 0. The maximum Gasteiger partial charge on any atom is 0.117 e. The summed E-state index contributed by atoms with van der Waals surface area (Å²) >= 11 is 0. The van der Waals surface area contributed by atoms with Crippen molar-refractivity contribution in [1.29, 1.82) is 0 Å². The van der Waals surface area contributed by atoms with Crippen LogP contribution in [0, 0.1) is 0 Å². The van der Waals surface area contributed by atoms with E-state index >= 15 is 0 Å². The smallest absolute Gasteiger partial charge is 0.117 e. The first-order valence-corrected chi connectivity index (χ1v) is 7.67. The number of hydrogen-bond acceptors (Lipinski definition) is 4. The Hall–Kier alpha value is -1.59. The van der Waals surface area contributed by atoms with E-state index in [2.05, 4.69) is 23.4 Å². The Balaban J connectivity index is 1.64. The second kappa shape index (κ2) is 6.45. The third-order valence-corrected chi connectivity index (χ3v) is 3.98. The zero-order valence-electron chi connectivity index (χ0n) is 12.7. The van der Waals surface area contributed by atoms with Gasteiger partial charge < -0.3 is 14.5 Å². The second-order valence-corrected chi connectivity index (χ2v) is 5.59. The van der Waals surface area contributed by atoms with Gasteiger partial charge in [0, 0.05) is 37.9 Å². The molecule has 114 valence electrons. The molecule has 2 aromatic rings. The summed E-state index contributed by atoms with van der Waals surface area (Å²) in [5.74, 6) is 2.03. The van der Waals surface area contributed by atoms with Gasteiger partial charge in [0.25, 0.3) is 0 Å². The average Bonchev–Trinajstić information content (AvgIpc) is 3.14. The molecule has 1 saturated heterocycles. The Morgan fingerprint density at radius 1 is 1.38 bits per heavy atom. The van der Waals surface area contributed by atoms with Crippen molar-refractivity contribution < 1.29 is 9.15 Å². The van der Waals surface area contributed by atoms with E-state index in [0.717, 1.165) is 49.5 Å². The highest BCUT2D eigenvalue weighted by atomic mass is 16.5. The molecule has 21 heavy (non-hydrogen) atoms. The number of rotatable bonds is 5. The number of furan rings is 1. The molecule has 0 spiro atoms. The van der Waals surface area contributed by atoms with E-state index in [1.54, 1.807) is 0 Å². The van der Waals surface area contributed by atoms with Gasteiger partial charge in [-0.2, -0.15) is 5.10 Å². The summed E-state index contributed by atoms with van der Waals surface area (Å²) < 4.78 is 13.5. The van der Waals surface area contributed by atoms with Crippen LogP contribution in [0.25, 0.3) is 0 Å². The van der Waals surface area contributed by atoms with E-state index in [0.29, 0.717) is 6.04 Å². The number of aryl methyl sites for hydroxylation is 2. The van der Waals surface area contributed by atoms with Gasteiger partial charge in [-0.1, -0.05) is 6.92 Å². The first-order chi connectivity index (χ1) is 10.3. The van der Waals surface area contributed by atoms with Crippen LogP contribution < -0.4 is 5.32 Å². The third-order valence-electron chi connectivity index (χ3n) is 3.98. The van der Waals surface area contributed by atoms with E-state index in [4.69, 9.17) is 9.15 Å². The van der Waals surface area contributed by atoms with Crippen LogP contribution in [-0.2, 0) is 24.8 Å². The molecule has 1 fully saturated rings. The highest BCUT2D eigenvalue weighted by molar-refractivity contribution is 5.12. The molecule has 0 saturated carbocycles. The lowest BCUT2D eigenvalue weighted by Crippen LogP contribution is -2.38. The van der Waals surface area contributed by atoms with Gasteiger partial charge >= 0.3 is 0 Å². The van der Waals surface area contributed by atoms with Crippen molar-refractivity contribution in [1.82, 2.24) is 15.1 Å². The minimum Gasteiger partial charge on any atom is -0.465 e. The minimum absolute atomic E-state index is 0.0769. The summed E-state index contributed by atoms with van der Waals surface area (Å²) in [6, 6.07) is 4.40. The highest BCUT2D eigenvalue weighted by Crippen LogP contribution is 2.28. The highest BCUT2D eigenvalue weighted by Gasteiger charge is 2.28. The maximum atomic E-state index is 5.96. The molecule has 1 aliphatic heterocycles. The summed E-state index contributed by atoms with van der Waals surface area (Å²) in [5.41, 5.74) is 1.14. The lowest BCUT2D eigenvalue weighted by molar-refractivity contribution is -0.0116. The number of aromatic nitrogens is 2. The van der Waals surface area contributed by atoms with Gasteiger partial charge in [-0.05, 0) is 25.0 Å². The van der Waals surface area contributed by atoms with Crippen molar-refractivity contribution in [2.75, 3.05) is 6.61 Å². The van der Waals surface area contributed by atoms with Gasteiger partial charge in [0.1, 0.15) is 17.6 Å². The predicted octanol–water partition coefficient (Wildman–Crippen LogP) is 2.59. The standard InChI is InChI=1S/C16H23N3O2/c1-3-13-6-7-14(21-13)10-17-15-5-4-8-20-16(15)12-9-18-19(2)11-12/h6-7,9,11,15-17H,3-5,8,10H2,1-2H3/t15-,16+/m0/s1. The Labute approximate surface area is 125 Å². The predicted molar refractivity (Wildman–Crippen MR) is 79.8 cm³/mol. The first-order valence-electron chi connectivity index (χ1n) is 7.67. The quantitative estimate of drug-likeness (QED) is 0.919. The third kappa shape index (κ3) is 3.36. The normalized spacial score (nSPS) is 22.6. The fourth-order valence-corrected chi connectivity index (χ4v) is 2.84. The molecule has 0 unspecified atom stereocenters. The molecule has 0 radical (unpaired) electrons. The molecular weight excluding hydrogens is 266 g/mol. The Morgan fingerprint density at radius 3 is 2.95 bits per heavy atom. The summed E-state index contributed by atoms with van der Waals surface area (Å²) in [7, 11) is 1.93. The molecule has 0 aliphatic carbocycles. The molecular formula is C16H23N3O2. The second-order valence-electron chi connectivity index (χ2n) is 5.59. The van der Waals surface area contributed by atoms with Crippen LogP contribution in [0.15, 0.2) is 28.9 Å². The van der Waals surface area contributed by atoms with Gasteiger partial charge in [-0.25, -0.2) is 0 Å². The van der Waals surface area contributed by atoms with Crippen molar-refractivity contribution in [2.24, 2.45) is 7.05 Å². The molecule has 5 heteroatoms. The van der Waals surface area contributed by atoms with Crippen molar-refractivity contribution in [3.63, 3.8) is 0 Å². The van der Waals surface area contributed by atoms with Gasteiger partial charge in [0.05, 0.1) is 12.7 Å². The molecule has 1 N–H and O–H groups in total. The minimum atomic E-state index is 0.0769. The lowest BCUT2D eigenvalue weighted by Gasteiger charge is -2.31. The molecule has 3 rings (SSSR count). The first kappa shape index (κ1) is 14.4. The monoisotopic (exact) mass is 289 g/mol. The summed E-state index contributed by atoms with van der Waals surface area (Å²) in [6.07, 6.45) is 7.14. The number of nitrogens with zero attached hydrogens (tertiary/aromatic N) is 2. The zero-order valence-corrected chi connectivity index (χ0v) is 12.7. The molecule has 1 aliphatic rings. The van der Waals surface area contributed by atoms with Crippen LogP contribution in [0.5, 0.6) is 0 Å². The summed E-state index contributed by atoms with van der Waals surface area (Å²) in [6.45, 7) is 3.66. The SMILES string of the molecule is CCc1ccc(CN[C@H]2CCCO[C@@H]2c2cnn(C)c2)o1. The number of hydrogen-bond donors (Lipinski definition) is 1. The topological polar surface area (TPSA) is 52.2 Å². The van der Waals surface area contributed by atoms with E-state index in [9.17, 15) is 0 Å². The van der Waals surface area contributed by atoms with E-state index in [1.165, 1.54) is 0 Å². The fourth-order valence-electron chi connectivity index (χ4n) is 2.84. The van der Waals surface area contributed by atoms with Gasteiger partial charge in [0.2, 0.25) is 0 Å². The Morgan fingerprint density at radius 2 is 2.24 bits per heavy atom. The molecule has 2 aromatic heterocycles. The van der Waals surface area contributed by atoms with Crippen LogP contribution in [0.4, 0.5) is 0 Å². The molecule has 5 nitrogen and oxygen atoms in total. The molecule has 0 bridgehead atoms. The Kier molecular flexibility index (Phi) is 4.41. The van der Waals surface area contributed by atoms with Crippen LogP contribution in [0.3, 0.4) is 0 Å². The number of nitrogens with one attached hydrogen (secondary N) is 1. The van der Waals surface area contributed by atoms with Crippen LogP contribution >= 0.6 is 0 Å². The summed E-state index contributed by atoms with van der Waals surface area (Å²) in [5, 5.41) is 7.83. The van der Waals surface area contributed by atoms with Crippen molar-refractivity contribution >= 4 is 0 Å². The van der Waals surface area contributed by atoms with Crippen LogP contribution in [0.2, 0.25) is 0 Å². The molecule has 0 aromatic carbocycles. The maximum absolute atomic E-state index is 5.96. The Bertz CT molecular complexity index is 576. The van der Waals surface area contributed by atoms with Crippen molar-refractivity contribution in [2.45, 2.75) is 44.9 Å². The van der Waals surface area contributed by atoms with E-state index in [-0.39, 0.29) is 6.10 Å². The van der Waals surface area contributed by atoms with Crippen molar-refractivity contribution in [3.8, 4) is 0 Å². The van der Waals surface area contributed by atoms with E-state index < -0.39 is 0 Å². The molecule has 2 atom stereocenters. The van der Waals surface area contributed by atoms with Gasteiger partial charge in [0.15, 0.2) is 0 Å². The van der Waals surface area contributed by atoms with Crippen molar-refractivity contribution in [3.05, 3.63) is 41.6 Å². The lowest BCUT2D eigenvalue weighted by atomic mass is 9.98. The molecule has 3 heterocycles. The molecule has 0 amide bonds. The van der Waals surface area contributed by atoms with Crippen LogP contribution in [0.1, 0.15) is 43.0 Å². The van der Waals surface area contributed by atoms with E-state index in [1.807, 2.05) is 30.2 Å². The van der Waals surface area contributed by atoms with Gasteiger partial charge in [-0.15, -0.1) is 0 Å². The number of ether oxygens (including phenoxy) is 1. The largest absolute Gasteiger partial charge is 0.465 e. The fraction of sp³-hybridized carbons (Fsp3) is 0.562. The van der Waals surface area contributed by atoms with Crippen LogP contribution in [-0.4, -0.2) is 22.4 Å².